The normalized spacial score (nSPS) is 10.2. The van der Waals surface area contributed by atoms with Gasteiger partial charge in [0.2, 0.25) is 11.9 Å². The molecule has 1 heterocycles. The Hall–Kier alpha value is -2.50. The Morgan fingerprint density at radius 2 is 1.56 bits per heavy atom. The number of hydrogen-bond donors (Lipinski definition) is 2. The van der Waals surface area contributed by atoms with E-state index in [1.165, 1.54) is 6.33 Å². The van der Waals surface area contributed by atoms with Crippen molar-refractivity contribution in [3.63, 3.8) is 0 Å². The van der Waals surface area contributed by atoms with Gasteiger partial charge in [-0.3, -0.25) is 0 Å². The highest BCUT2D eigenvalue weighted by Gasteiger charge is 2.09. The molecule has 2 aromatic carbocycles. The predicted octanol–water partition coefficient (Wildman–Crippen LogP) is 5.06. The topological polar surface area (TPSA) is 86.5 Å². The molecular formula is C17H12Br2N6. The molecular weight excluding hydrogens is 448 g/mol. The lowest BCUT2D eigenvalue weighted by Crippen LogP contribution is -2.03. The zero-order chi connectivity index (χ0) is 17.8. The van der Waals surface area contributed by atoms with Gasteiger partial charge >= 0.3 is 0 Å². The summed E-state index contributed by atoms with van der Waals surface area (Å²) in [4.78, 5) is 12.6. The summed E-state index contributed by atoms with van der Waals surface area (Å²) in [5.74, 6) is 0.818. The van der Waals surface area contributed by atoms with Crippen molar-refractivity contribution in [3.8, 4) is 6.07 Å². The molecule has 0 aliphatic heterocycles. The van der Waals surface area contributed by atoms with E-state index in [2.05, 4.69) is 63.5 Å². The van der Waals surface area contributed by atoms with Crippen molar-refractivity contribution < 1.29 is 0 Å². The maximum Gasteiger partial charge on any atom is 0.232 e. The third kappa shape index (κ3) is 4.32. The summed E-state index contributed by atoms with van der Waals surface area (Å²) >= 11 is 7.07. The maximum absolute atomic E-state index is 8.84. The van der Waals surface area contributed by atoms with Crippen molar-refractivity contribution in [1.82, 2.24) is 15.0 Å². The maximum atomic E-state index is 8.84. The lowest BCUT2D eigenvalue weighted by molar-refractivity contribution is 1.06. The average molecular weight is 460 g/mol. The van der Waals surface area contributed by atoms with Crippen LogP contribution in [-0.4, -0.2) is 15.0 Å². The molecule has 0 aliphatic rings. The van der Waals surface area contributed by atoms with Crippen LogP contribution in [0.2, 0.25) is 0 Å². The van der Waals surface area contributed by atoms with Crippen molar-refractivity contribution in [2.45, 2.75) is 6.92 Å². The minimum atomic E-state index is 0.404. The van der Waals surface area contributed by atoms with E-state index in [0.717, 1.165) is 25.9 Å². The number of nitriles is 1. The van der Waals surface area contributed by atoms with E-state index in [1.54, 1.807) is 24.3 Å². The number of nitrogens with zero attached hydrogens (tertiary/aromatic N) is 4. The van der Waals surface area contributed by atoms with Crippen LogP contribution in [0.5, 0.6) is 0 Å². The highest BCUT2D eigenvalue weighted by molar-refractivity contribution is 9.11. The lowest BCUT2D eigenvalue weighted by atomic mass is 10.2. The van der Waals surface area contributed by atoms with Crippen LogP contribution < -0.4 is 10.6 Å². The van der Waals surface area contributed by atoms with E-state index in [1.807, 2.05) is 19.1 Å². The molecule has 1 aromatic heterocycles. The van der Waals surface area contributed by atoms with Crippen molar-refractivity contribution in [3.05, 3.63) is 62.8 Å². The average Bonchev–Trinajstić information content (AvgIpc) is 2.59. The van der Waals surface area contributed by atoms with E-state index in [9.17, 15) is 0 Å². The van der Waals surface area contributed by atoms with Crippen LogP contribution in [0.25, 0.3) is 0 Å². The Morgan fingerprint density at radius 3 is 2.16 bits per heavy atom. The zero-order valence-corrected chi connectivity index (χ0v) is 16.3. The van der Waals surface area contributed by atoms with Crippen LogP contribution in [0.1, 0.15) is 11.1 Å². The molecule has 3 aromatic rings. The van der Waals surface area contributed by atoms with Gasteiger partial charge in [-0.15, -0.1) is 0 Å². The van der Waals surface area contributed by atoms with Gasteiger partial charge in [-0.2, -0.15) is 10.2 Å². The summed E-state index contributed by atoms with van der Waals surface area (Å²) in [6, 6.07) is 13.1. The SMILES string of the molecule is Cc1cc(Br)c(Nc2ncnc(Nc3ccc(C#N)cc3)n2)c(Br)c1. The van der Waals surface area contributed by atoms with E-state index in [4.69, 9.17) is 5.26 Å². The predicted molar refractivity (Wildman–Crippen MR) is 104 cm³/mol. The molecule has 0 spiro atoms. The molecule has 0 fully saturated rings. The van der Waals surface area contributed by atoms with E-state index in [0.29, 0.717) is 17.5 Å². The second-order valence-electron chi connectivity index (χ2n) is 5.18. The standard InChI is InChI=1S/C17H12Br2N6/c1-10-6-13(18)15(14(19)7-10)24-17-22-9-21-16(25-17)23-12-4-2-11(8-20)3-5-12/h2-7,9H,1H3,(H2,21,22,23,24,25). The molecule has 124 valence electrons. The van der Waals surface area contributed by atoms with Gasteiger partial charge in [0, 0.05) is 14.6 Å². The first-order chi connectivity index (χ1) is 12.0. The van der Waals surface area contributed by atoms with Crippen molar-refractivity contribution in [1.29, 1.82) is 5.26 Å². The lowest BCUT2D eigenvalue weighted by Gasteiger charge is -2.11. The Balaban J connectivity index is 1.81. The smallest absolute Gasteiger partial charge is 0.232 e. The molecule has 0 amide bonds. The van der Waals surface area contributed by atoms with Gasteiger partial charge in [-0.05, 0) is 80.7 Å². The van der Waals surface area contributed by atoms with Gasteiger partial charge in [0.1, 0.15) is 6.33 Å². The molecule has 0 bridgehead atoms. The van der Waals surface area contributed by atoms with Crippen LogP contribution in [0.15, 0.2) is 51.7 Å². The molecule has 0 saturated carbocycles. The molecule has 25 heavy (non-hydrogen) atoms. The molecule has 3 rings (SSSR count). The Morgan fingerprint density at radius 1 is 0.960 bits per heavy atom. The number of aromatic nitrogens is 3. The summed E-state index contributed by atoms with van der Waals surface area (Å²) in [6.45, 7) is 2.02. The minimum absolute atomic E-state index is 0.404. The monoisotopic (exact) mass is 458 g/mol. The Bertz CT molecular complexity index is 927. The van der Waals surface area contributed by atoms with E-state index < -0.39 is 0 Å². The third-order valence-electron chi connectivity index (χ3n) is 3.27. The number of nitrogens with one attached hydrogen (secondary N) is 2. The van der Waals surface area contributed by atoms with Gasteiger partial charge in [0.05, 0.1) is 17.3 Å². The van der Waals surface area contributed by atoms with Crippen LogP contribution in [0.3, 0.4) is 0 Å². The van der Waals surface area contributed by atoms with Gasteiger partial charge < -0.3 is 10.6 Å². The second kappa shape index (κ2) is 7.59. The summed E-state index contributed by atoms with van der Waals surface area (Å²) in [6.07, 6.45) is 1.43. The fourth-order valence-electron chi connectivity index (χ4n) is 2.11. The highest BCUT2D eigenvalue weighted by atomic mass is 79.9. The largest absolute Gasteiger partial charge is 0.324 e. The second-order valence-corrected chi connectivity index (χ2v) is 6.88. The summed E-state index contributed by atoms with van der Waals surface area (Å²) < 4.78 is 1.81. The molecule has 2 N–H and O–H groups in total. The van der Waals surface area contributed by atoms with Crippen molar-refractivity contribution in [2.75, 3.05) is 10.6 Å². The zero-order valence-electron chi connectivity index (χ0n) is 13.1. The molecule has 0 saturated heterocycles. The molecule has 6 nitrogen and oxygen atoms in total. The fraction of sp³-hybridized carbons (Fsp3) is 0.0588. The molecule has 8 heteroatoms. The third-order valence-corrected chi connectivity index (χ3v) is 4.52. The number of hydrogen-bond acceptors (Lipinski definition) is 6. The first kappa shape index (κ1) is 17.3. The first-order valence-corrected chi connectivity index (χ1v) is 8.82. The molecule has 0 aliphatic carbocycles. The van der Waals surface area contributed by atoms with Crippen molar-refractivity contribution in [2.24, 2.45) is 0 Å². The molecule has 0 radical (unpaired) electrons. The van der Waals surface area contributed by atoms with E-state index >= 15 is 0 Å². The number of halogens is 2. The quantitative estimate of drug-likeness (QED) is 0.566. The van der Waals surface area contributed by atoms with Gasteiger partial charge in [-0.25, -0.2) is 9.97 Å². The van der Waals surface area contributed by atoms with Crippen LogP contribution in [-0.2, 0) is 0 Å². The summed E-state index contributed by atoms with van der Waals surface area (Å²) in [5.41, 5.74) is 3.34. The fourth-order valence-corrected chi connectivity index (χ4v) is 3.72. The number of aryl methyl sites for hydroxylation is 1. The van der Waals surface area contributed by atoms with Gasteiger partial charge in [-0.1, -0.05) is 0 Å². The number of anilines is 4. The van der Waals surface area contributed by atoms with Crippen LogP contribution >= 0.6 is 31.9 Å². The highest BCUT2D eigenvalue weighted by Crippen LogP contribution is 2.33. The Kier molecular flexibility index (Phi) is 5.26. The number of rotatable bonds is 4. The van der Waals surface area contributed by atoms with E-state index in [-0.39, 0.29) is 0 Å². The molecule has 0 unspecified atom stereocenters. The summed E-state index contributed by atoms with van der Waals surface area (Å²) in [7, 11) is 0. The first-order valence-electron chi connectivity index (χ1n) is 7.24. The van der Waals surface area contributed by atoms with Crippen molar-refractivity contribution >= 4 is 55.1 Å². The summed E-state index contributed by atoms with van der Waals surface area (Å²) in [5, 5.41) is 15.1. The van der Waals surface area contributed by atoms with Gasteiger partial charge in [0.25, 0.3) is 0 Å². The van der Waals surface area contributed by atoms with Crippen LogP contribution in [0, 0.1) is 18.3 Å². The van der Waals surface area contributed by atoms with Gasteiger partial charge in [0.15, 0.2) is 0 Å². The minimum Gasteiger partial charge on any atom is -0.324 e. The Labute approximate surface area is 161 Å². The van der Waals surface area contributed by atoms with Crippen LogP contribution in [0.4, 0.5) is 23.3 Å². The molecule has 0 atom stereocenters. The number of benzene rings is 2.